The number of anilines is 5. The molecule has 2 fully saturated rings. The van der Waals surface area contributed by atoms with E-state index in [2.05, 4.69) is 47.6 Å². The first kappa shape index (κ1) is 45.2. The smallest absolute Gasteiger partial charge is 0.267 e. The van der Waals surface area contributed by atoms with Crippen molar-refractivity contribution in [3.8, 4) is 0 Å². The van der Waals surface area contributed by atoms with Gasteiger partial charge in [-0.25, -0.2) is 15.0 Å². The lowest BCUT2D eigenvalue weighted by molar-refractivity contribution is -0.125. The summed E-state index contributed by atoms with van der Waals surface area (Å²) < 4.78 is 11.2. The van der Waals surface area contributed by atoms with Crippen LogP contribution in [0.3, 0.4) is 0 Å². The van der Waals surface area contributed by atoms with Crippen molar-refractivity contribution >= 4 is 80.6 Å². The number of nitrogens with zero attached hydrogens (tertiary/aromatic N) is 6. The van der Waals surface area contributed by atoms with Crippen LogP contribution in [0.25, 0.3) is 0 Å². The lowest BCUT2D eigenvalue weighted by Gasteiger charge is -2.35. The number of rotatable bonds is 19. The van der Waals surface area contributed by atoms with Gasteiger partial charge < -0.3 is 35.6 Å². The Kier molecular flexibility index (Phi) is 15.1. The van der Waals surface area contributed by atoms with Gasteiger partial charge >= 0.3 is 0 Å². The standard InChI is InChI=1S/C44H51ClN10O7S/c1-27-10-8-12-31(45)39(27)52-41(58)34-25-46-44(63-34)51-35-24-36(49-29(3)48-35)54-19-17-53(18-20-54)16-6-4-5-7-21-61-22-23-62-26-37(56)50-32-13-9-11-30-38(32)43(60)55(42(30)59)33-15-14-28(2)47-40(33)57/h8-13,24-25,33H,2,4-7,14-23,26H2,1,3H3,(H,47,57)(H,50,56)(H,52,58)(H,46,48,49,51). The molecule has 0 bridgehead atoms. The molecule has 0 radical (unpaired) electrons. The van der Waals surface area contributed by atoms with Crippen LogP contribution in [0.5, 0.6) is 0 Å². The lowest BCUT2D eigenvalue weighted by atomic mass is 10.0. The number of carbonyl (C=O) groups is 5. The maximum absolute atomic E-state index is 13.3. The predicted molar refractivity (Wildman–Crippen MR) is 241 cm³/mol. The summed E-state index contributed by atoms with van der Waals surface area (Å²) in [6.07, 6.45) is 6.45. The molecule has 1 unspecified atom stereocenters. The summed E-state index contributed by atoms with van der Waals surface area (Å²) >= 11 is 7.52. The molecular formula is C44H51ClN10O7S. The Morgan fingerprint density at radius 3 is 2.51 bits per heavy atom. The number of benzene rings is 2. The van der Waals surface area contributed by atoms with Gasteiger partial charge in [0.2, 0.25) is 11.8 Å². The number of para-hydroxylation sites is 1. The number of halogens is 1. The monoisotopic (exact) mass is 898 g/mol. The first-order valence-corrected chi connectivity index (χ1v) is 22.2. The fourth-order valence-electron chi connectivity index (χ4n) is 7.65. The van der Waals surface area contributed by atoms with Gasteiger partial charge in [0.1, 0.15) is 35.0 Å². The molecule has 5 heterocycles. The molecule has 2 saturated heterocycles. The number of nitrogens with one attached hydrogen (secondary N) is 4. The number of allylic oxidation sites excluding steroid dienone is 1. The fraction of sp³-hybridized carbons (Fsp3) is 0.409. The average Bonchev–Trinajstić information content (AvgIpc) is 3.83. The second kappa shape index (κ2) is 21.1. The van der Waals surface area contributed by atoms with E-state index in [1.54, 1.807) is 18.2 Å². The van der Waals surface area contributed by atoms with Crippen molar-refractivity contribution in [2.24, 2.45) is 0 Å². The molecule has 1 atom stereocenters. The number of aromatic nitrogens is 3. The van der Waals surface area contributed by atoms with Crippen molar-refractivity contribution in [2.45, 2.75) is 58.4 Å². The largest absolute Gasteiger partial charge is 0.379 e. The number of piperidine rings is 1. The summed E-state index contributed by atoms with van der Waals surface area (Å²) in [5, 5.41) is 12.4. The molecule has 5 amide bonds. The number of unbranched alkanes of at least 4 members (excludes halogenated alkanes) is 3. The molecule has 2 aromatic carbocycles. The van der Waals surface area contributed by atoms with Crippen molar-refractivity contribution in [1.82, 2.24) is 30.1 Å². The molecule has 3 aliphatic heterocycles. The Morgan fingerprint density at radius 1 is 0.937 bits per heavy atom. The van der Waals surface area contributed by atoms with Gasteiger partial charge in [0.05, 0.1) is 46.9 Å². The third kappa shape index (κ3) is 11.4. The molecule has 0 aliphatic carbocycles. The molecule has 63 heavy (non-hydrogen) atoms. The summed E-state index contributed by atoms with van der Waals surface area (Å²) in [7, 11) is 0. The Labute approximate surface area is 374 Å². The maximum Gasteiger partial charge on any atom is 0.267 e. The molecule has 2 aromatic heterocycles. The highest BCUT2D eigenvalue weighted by Gasteiger charge is 2.45. The van der Waals surface area contributed by atoms with Crippen molar-refractivity contribution < 1.29 is 33.4 Å². The van der Waals surface area contributed by atoms with E-state index in [0.29, 0.717) is 57.7 Å². The Balaban J connectivity index is 0.735. The van der Waals surface area contributed by atoms with Crippen molar-refractivity contribution in [2.75, 3.05) is 80.0 Å². The minimum absolute atomic E-state index is 0.0655. The number of hydrogen-bond donors (Lipinski definition) is 4. The van der Waals surface area contributed by atoms with E-state index in [1.807, 2.05) is 32.0 Å². The van der Waals surface area contributed by atoms with Crippen LogP contribution in [0, 0.1) is 13.8 Å². The summed E-state index contributed by atoms with van der Waals surface area (Å²) in [6, 6.07) is 11.1. The summed E-state index contributed by atoms with van der Waals surface area (Å²) in [4.78, 5) is 84.3. The highest BCUT2D eigenvalue weighted by atomic mass is 35.5. The van der Waals surface area contributed by atoms with Crippen LogP contribution in [0.2, 0.25) is 5.02 Å². The van der Waals surface area contributed by atoms with Crippen LogP contribution in [-0.2, 0) is 19.1 Å². The van der Waals surface area contributed by atoms with Gasteiger partial charge in [0.25, 0.3) is 17.7 Å². The predicted octanol–water partition coefficient (Wildman–Crippen LogP) is 5.94. The highest BCUT2D eigenvalue weighted by molar-refractivity contribution is 7.17. The SMILES string of the molecule is C=C1CCC(N2C(=O)c3cccc(NC(=O)COCCOCCCCCCN4CCN(c5cc(Nc6ncc(C(=O)Nc7c(C)cccc7Cl)s6)nc(C)n5)CC4)c3C2=O)C(=O)N1. The zero-order chi connectivity index (χ0) is 44.5. The number of thiazole rings is 1. The van der Waals surface area contributed by atoms with E-state index in [0.717, 1.165) is 74.7 Å². The van der Waals surface area contributed by atoms with E-state index in [1.165, 1.54) is 23.6 Å². The fourth-order valence-corrected chi connectivity index (χ4v) is 8.64. The normalized spacial score (nSPS) is 16.6. The summed E-state index contributed by atoms with van der Waals surface area (Å²) in [6.45, 7) is 13.0. The number of fused-ring (bicyclic) bond motifs is 1. The molecule has 19 heteroatoms. The van der Waals surface area contributed by atoms with Crippen LogP contribution in [-0.4, -0.2) is 119 Å². The van der Waals surface area contributed by atoms with Gasteiger partial charge in [0, 0.05) is 44.5 Å². The van der Waals surface area contributed by atoms with E-state index < -0.39 is 29.7 Å². The van der Waals surface area contributed by atoms with E-state index in [9.17, 15) is 24.0 Å². The first-order chi connectivity index (χ1) is 30.4. The lowest BCUT2D eigenvalue weighted by Crippen LogP contribution is -2.51. The van der Waals surface area contributed by atoms with Crippen molar-refractivity contribution in [1.29, 1.82) is 0 Å². The van der Waals surface area contributed by atoms with Crippen LogP contribution >= 0.6 is 22.9 Å². The zero-order valence-electron chi connectivity index (χ0n) is 35.3. The molecule has 0 spiro atoms. The zero-order valence-corrected chi connectivity index (χ0v) is 36.9. The number of piperazine rings is 1. The molecule has 332 valence electrons. The van der Waals surface area contributed by atoms with Crippen molar-refractivity contribution in [3.05, 3.63) is 93.4 Å². The number of imide groups is 1. The van der Waals surface area contributed by atoms with Crippen LogP contribution < -0.4 is 26.2 Å². The molecule has 4 aromatic rings. The average molecular weight is 899 g/mol. The van der Waals surface area contributed by atoms with Gasteiger partial charge in [-0.05, 0) is 69.8 Å². The molecular weight excluding hydrogens is 848 g/mol. The molecule has 7 rings (SSSR count). The minimum Gasteiger partial charge on any atom is -0.379 e. The molecule has 4 N–H and O–H groups in total. The molecule has 17 nitrogen and oxygen atoms in total. The summed E-state index contributed by atoms with van der Waals surface area (Å²) in [5.74, 6) is -0.298. The Hall–Kier alpha value is -5.79. The van der Waals surface area contributed by atoms with E-state index in [4.69, 9.17) is 26.1 Å². The minimum atomic E-state index is -0.937. The third-order valence-corrected chi connectivity index (χ3v) is 12.1. The highest BCUT2D eigenvalue weighted by Crippen LogP contribution is 2.33. The van der Waals surface area contributed by atoms with Crippen molar-refractivity contribution in [3.63, 3.8) is 0 Å². The molecule has 0 saturated carbocycles. The topological polar surface area (TPSA) is 200 Å². The number of hydrogen-bond acceptors (Lipinski definition) is 14. The Morgan fingerprint density at radius 2 is 1.71 bits per heavy atom. The van der Waals surface area contributed by atoms with Crippen LogP contribution in [0.4, 0.5) is 28.1 Å². The van der Waals surface area contributed by atoms with Gasteiger partial charge in [-0.2, -0.15) is 0 Å². The van der Waals surface area contributed by atoms with Crippen LogP contribution in [0.1, 0.15) is 80.3 Å². The van der Waals surface area contributed by atoms with E-state index >= 15 is 0 Å². The summed E-state index contributed by atoms with van der Waals surface area (Å²) in [5.41, 5.74) is 2.40. The Bertz CT molecular complexity index is 2350. The quantitative estimate of drug-likeness (QED) is 0.0637. The second-order valence-electron chi connectivity index (χ2n) is 15.5. The second-order valence-corrected chi connectivity index (χ2v) is 16.9. The van der Waals surface area contributed by atoms with E-state index in [-0.39, 0.29) is 42.4 Å². The number of ether oxygens (including phenoxy) is 2. The number of aryl methyl sites for hydroxylation is 2. The number of carbonyl (C=O) groups excluding carboxylic acids is 5. The van der Waals surface area contributed by atoms with Crippen LogP contribution in [0.15, 0.2) is 60.9 Å². The van der Waals surface area contributed by atoms with Gasteiger partial charge in [-0.3, -0.25) is 33.8 Å². The van der Waals surface area contributed by atoms with Gasteiger partial charge in [0.15, 0.2) is 5.13 Å². The third-order valence-electron chi connectivity index (χ3n) is 10.9. The number of amides is 5. The van der Waals surface area contributed by atoms with Gasteiger partial charge in [-0.1, -0.05) is 60.6 Å². The molecule has 3 aliphatic rings. The van der Waals surface area contributed by atoms with Gasteiger partial charge in [-0.15, -0.1) is 0 Å². The maximum atomic E-state index is 13.3. The first-order valence-electron chi connectivity index (χ1n) is 21.0.